The zero-order valence-corrected chi connectivity index (χ0v) is 14.7. The van der Waals surface area contributed by atoms with Gasteiger partial charge in [0, 0.05) is 19.5 Å². The number of hydrogen-bond acceptors (Lipinski definition) is 1. The van der Waals surface area contributed by atoms with Gasteiger partial charge in [0.1, 0.15) is 5.82 Å². The number of halogens is 4. The maximum atomic E-state index is 14.1. The summed E-state index contributed by atoms with van der Waals surface area (Å²) in [7, 11) is 0. The molecule has 0 bridgehead atoms. The van der Waals surface area contributed by atoms with Crippen LogP contribution in [-0.4, -0.2) is 6.54 Å². The predicted octanol–water partition coefficient (Wildman–Crippen LogP) is 5.70. The first-order valence-electron chi connectivity index (χ1n) is 6.16. The molecule has 0 saturated carbocycles. The van der Waals surface area contributed by atoms with E-state index in [-0.39, 0.29) is 11.9 Å². The largest absolute Gasteiger partial charge is 0.306 e. The minimum Gasteiger partial charge on any atom is -0.306 e. The molecule has 0 aliphatic carbocycles. The van der Waals surface area contributed by atoms with Crippen molar-refractivity contribution in [3.8, 4) is 0 Å². The highest BCUT2D eigenvalue weighted by Gasteiger charge is 2.20. The summed E-state index contributed by atoms with van der Waals surface area (Å²) in [6.45, 7) is 2.69. The van der Waals surface area contributed by atoms with Crippen molar-refractivity contribution in [3.63, 3.8) is 0 Å². The Morgan fingerprint density at radius 3 is 2.35 bits per heavy atom. The SMILES string of the molecule is CCNC(c1cc(Br)ccc1F)c1cc(Br)ccc1Cl. The number of hydrogen-bond donors (Lipinski definition) is 1. The van der Waals surface area contributed by atoms with Gasteiger partial charge >= 0.3 is 0 Å². The van der Waals surface area contributed by atoms with Gasteiger partial charge in [-0.25, -0.2) is 4.39 Å². The third-order valence-electron chi connectivity index (χ3n) is 2.95. The van der Waals surface area contributed by atoms with Gasteiger partial charge in [-0.1, -0.05) is 50.4 Å². The fraction of sp³-hybridized carbons (Fsp3) is 0.200. The van der Waals surface area contributed by atoms with Crippen LogP contribution in [0.3, 0.4) is 0 Å². The molecule has 0 aliphatic rings. The minimum absolute atomic E-state index is 0.254. The lowest BCUT2D eigenvalue weighted by Gasteiger charge is -2.21. The Hall–Kier alpha value is -0.420. The lowest BCUT2D eigenvalue weighted by molar-refractivity contribution is 0.558. The van der Waals surface area contributed by atoms with E-state index in [1.807, 2.05) is 19.1 Å². The molecule has 1 nitrogen and oxygen atoms in total. The first kappa shape index (κ1) is 16.0. The fourth-order valence-corrected chi connectivity index (χ4v) is 3.05. The Morgan fingerprint density at radius 2 is 1.70 bits per heavy atom. The molecule has 1 unspecified atom stereocenters. The van der Waals surface area contributed by atoms with Gasteiger partial charge in [-0.05, 0) is 48.5 Å². The molecular formula is C15H13Br2ClFN. The quantitative estimate of drug-likeness (QED) is 0.667. The molecule has 0 heterocycles. The van der Waals surface area contributed by atoms with E-state index in [2.05, 4.69) is 37.2 Å². The highest BCUT2D eigenvalue weighted by Crippen LogP contribution is 2.33. The van der Waals surface area contributed by atoms with Gasteiger partial charge in [0.2, 0.25) is 0 Å². The van der Waals surface area contributed by atoms with Crippen LogP contribution in [0.25, 0.3) is 0 Å². The summed E-state index contributed by atoms with van der Waals surface area (Å²) in [5, 5.41) is 3.89. The lowest BCUT2D eigenvalue weighted by atomic mass is 9.98. The second kappa shape index (κ2) is 7.03. The predicted molar refractivity (Wildman–Crippen MR) is 88.8 cm³/mol. The molecule has 0 saturated heterocycles. The fourth-order valence-electron chi connectivity index (χ4n) is 2.06. The molecule has 0 fully saturated rings. The monoisotopic (exact) mass is 419 g/mol. The average molecular weight is 422 g/mol. The van der Waals surface area contributed by atoms with Crippen LogP contribution in [0.2, 0.25) is 5.02 Å². The van der Waals surface area contributed by atoms with E-state index in [0.717, 1.165) is 14.5 Å². The standard InChI is InChI=1S/C15H13Br2ClFN/c1-2-20-15(11-7-9(16)3-5-13(11)18)12-8-10(17)4-6-14(12)19/h3-8,15,20H,2H2,1H3. The summed E-state index contributed by atoms with van der Waals surface area (Å²) in [6, 6.07) is 10.2. The van der Waals surface area contributed by atoms with Crippen molar-refractivity contribution in [1.29, 1.82) is 0 Å². The van der Waals surface area contributed by atoms with Crippen molar-refractivity contribution >= 4 is 43.5 Å². The van der Waals surface area contributed by atoms with Crippen molar-refractivity contribution in [2.45, 2.75) is 13.0 Å². The first-order valence-corrected chi connectivity index (χ1v) is 8.12. The molecule has 106 valence electrons. The molecular weight excluding hydrogens is 408 g/mol. The smallest absolute Gasteiger partial charge is 0.128 e. The van der Waals surface area contributed by atoms with Crippen molar-refractivity contribution < 1.29 is 4.39 Å². The van der Waals surface area contributed by atoms with Crippen molar-refractivity contribution in [1.82, 2.24) is 5.32 Å². The molecule has 1 N–H and O–H groups in total. The lowest BCUT2D eigenvalue weighted by Crippen LogP contribution is -2.23. The maximum Gasteiger partial charge on any atom is 0.128 e. The number of rotatable bonds is 4. The third kappa shape index (κ3) is 3.61. The number of benzene rings is 2. The molecule has 0 spiro atoms. The van der Waals surface area contributed by atoms with E-state index in [1.54, 1.807) is 18.2 Å². The van der Waals surface area contributed by atoms with E-state index in [4.69, 9.17) is 11.6 Å². The molecule has 2 rings (SSSR count). The van der Waals surface area contributed by atoms with E-state index in [0.29, 0.717) is 17.1 Å². The van der Waals surface area contributed by atoms with Crippen LogP contribution >= 0.6 is 43.5 Å². The van der Waals surface area contributed by atoms with E-state index < -0.39 is 0 Å². The van der Waals surface area contributed by atoms with Gasteiger partial charge in [-0.15, -0.1) is 0 Å². The molecule has 20 heavy (non-hydrogen) atoms. The minimum atomic E-state index is -0.289. The van der Waals surface area contributed by atoms with E-state index >= 15 is 0 Å². The van der Waals surface area contributed by atoms with Gasteiger partial charge in [0.25, 0.3) is 0 Å². The van der Waals surface area contributed by atoms with Crippen LogP contribution in [0.4, 0.5) is 4.39 Å². The van der Waals surface area contributed by atoms with Gasteiger partial charge in [-0.2, -0.15) is 0 Å². The number of nitrogens with one attached hydrogen (secondary N) is 1. The Morgan fingerprint density at radius 1 is 1.10 bits per heavy atom. The normalized spacial score (nSPS) is 12.4. The second-order valence-electron chi connectivity index (χ2n) is 4.32. The van der Waals surface area contributed by atoms with Crippen molar-refractivity contribution in [2.75, 3.05) is 6.54 Å². The van der Waals surface area contributed by atoms with Crippen LogP contribution in [0.1, 0.15) is 24.1 Å². The van der Waals surface area contributed by atoms with Crippen LogP contribution < -0.4 is 5.32 Å². The molecule has 0 radical (unpaired) electrons. The van der Waals surface area contributed by atoms with Gasteiger partial charge in [-0.3, -0.25) is 0 Å². The van der Waals surface area contributed by atoms with Gasteiger partial charge in [0.15, 0.2) is 0 Å². The Kier molecular flexibility index (Phi) is 5.61. The topological polar surface area (TPSA) is 12.0 Å². The maximum absolute atomic E-state index is 14.1. The Labute approximate surface area is 139 Å². The molecule has 2 aromatic carbocycles. The zero-order chi connectivity index (χ0) is 14.7. The molecule has 0 aliphatic heterocycles. The van der Waals surface area contributed by atoms with E-state index in [9.17, 15) is 4.39 Å². The van der Waals surface area contributed by atoms with Crippen LogP contribution in [-0.2, 0) is 0 Å². The molecule has 0 amide bonds. The molecule has 1 atom stereocenters. The summed E-state index contributed by atoms with van der Waals surface area (Å²) < 4.78 is 15.9. The van der Waals surface area contributed by atoms with Crippen molar-refractivity contribution in [2.24, 2.45) is 0 Å². The highest BCUT2D eigenvalue weighted by molar-refractivity contribution is 9.10. The van der Waals surface area contributed by atoms with Crippen LogP contribution in [0.5, 0.6) is 0 Å². The summed E-state index contributed by atoms with van der Waals surface area (Å²) in [4.78, 5) is 0. The van der Waals surface area contributed by atoms with Crippen molar-refractivity contribution in [3.05, 3.63) is 67.3 Å². The van der Waals surface area contributed by atoms with Gasteiger partial charge < -0.3 is 5.32 Å². The summed E-state index contributed by atoms with van der Waals surface area (Å²) in [5.41, 5.74) is 1.42. The summed E-state index contributed by atoms with van der Waals surface area (Å²) >= 11 is 13.1. The Balaban J connectivity index is 2.55. The molecule has 0 aromatic heterocycles. The van der Waals surface area contributed by atoms with E-state index in [1.165, 1.54) is 6.07 Å². The molecule has 2 aromatic rings. The van der Waals surface area contributed by atoms with Gasteiger partial charge in [0.05, 0.1) is 6.04 Å². The highest BCUT2D eigenvalue weighted by atomic mass is 79.9. The van der Waals surface area contributed by atoms with Crippen LogP contribution in [0, 0.1) is 5.82 Å². The molecule has 5 heteroatoms. The van der Waals surface area contributed by atoms with Crippen LogP contribution in [0.15, 0.2) is 45.3 Å². The Bertz CT molecular complexity index is 567. The average Bonchev–Trinajstić information content (AvgIpc) is 2.42. The summed E-state index contributed by atoms with van der Waals surface area (Å²) in [6.07, 6.45) is 0. The third-order valence-corrected chi connectivity index (χ3v) is 4.28. The zero-order valence-electron chi connectivity index (χ0n) is 10.8. The second-order valence-corrected chi connectivity index (χ2v) is 6.56. The first-order chi connectivity index (χ1) is 9.52. The summed E-state index contributed by atoms with van der Waals surface area (Å²) in [5.74, 6) is -0.254.